The van der Waals surface area contributed by atoms with Crippen LogP contribution in [0.25, 0.3) is 0 Å². The molecule has 0 radical (unpaired) electrons. The van der Waals surface area contributed by atoms with Crippen molar-refractivity contribution >= 4 is 0 Å². The van der Waals surface area contributed by atoms with Crippen LogP contribution in [-0.2, 0) is 11.3 Å². The van der Waals surface area contributed by atoms with Crippen molar-refractivity contribution in [2.45, 2.75) is 50.7 Å². The van der Waals surface area contributed by atoms with E-state index in [2.05, 4.69) is 45.4 Å². The summed E-state index contributed by atoms with van der Waals surface area (Å²) in [5, 5.41) is 4.11. The summed E-state index contributed by atoms with van der Waals surface area (Å²) in [7, 11) is 0. The summed E-state index contributed by atoms with van der Waals surface area (Å²) in [5.41, 5.74) is 1.46. The number of piperidine rings is 1. The zero-order valence-electron chi connectivity index (χ0n) is 17.3. The van der Waals surface area contributed by atoms with Crippen molar-refractivity contribution in [2.24, 2.45) is 17.8 Å². The molecule has 3 saturated heterocycles. The van der Waals surface area contributed by atoms with Gasteiger partial charge in [-0.1, -0.05) is 30.3 Å². The van der Waals surface area contributed by atoms with Gasteiger partial charge in [-0.05, 0) is 68.5 Å². The van der Waals surface area contributed by atoms with Crippen molar-refractivity contribution in [3.63, 3.8) is 0 Å². The van der Waals surface area contributed by atoms with Crippen LogP contribution in [0.4, 0.5) is 0 Å². The largest absolute Gasteiger partial charge is 0.381 e. The molecule has 3 heterocycles. The van der Waals surface area contributed by atoms with Gasteiger partial charge in [0, 0.05) is 44.9 Å². The zero-order valence-corrected chi connectivity index (χ0v) is 17.3. The Morgan fingerprint density at radius 3 is 2.57 bits per heavy atom. The standard InChI is InChI=1S/C24H37N3O/c1-2-4-19(5-3-1)14-27-16-21-6-7-24(23(21)17-27)25-22-8-11-26(12-9-22)15-20-10-13-28-18-20/h1-5,20-25H,6-18H2/t20-,21+,23+,24+/m1/s1. The zero-order chi connectivity index (χ0) is 18.8. The summed E-state index contributed by atoms with van der Waals surface area (Å²) >= 11 is 0. The molecular formula is C24H37N3O. The Morgan fingerprint density at radius 2 is 1.79 bits per heavy atom. The van der Waals surface area contributed by atoms with Crippen molar-refractivity contribution in [2.75, 3.05) is 45.9 Å². The fourth-order valence-corrected chi connectivity index (χ4v) is 6.21. The minimum Gasteiger partial charge on any atom is -0.381 e. The van der Waals surface area contributed by atoms with Gasteiger partial charge in [0.2, 0.25) is 0 Å². The van der Waals surface area contributed by atoms with Crippen molar-refractivity contribution in [1.29, 1.82) is 0 Å². The van der Waals surface area contributed by atoms with Crippen LogP contribution in [0.15, 0.2) is 30.3 Å². The predicted octanol–water partition coefficient (Wildman–Crippen LogP) is 2.99. The fraction of sp³-hybridized carbons (Fsp3) is 0.750. The fourth-order valence-electron chi connectivity index (χ4n) is 6.21. The number of nitrogens with one attached hydrogen (secondary N) is 1. The average molecular weight is 384 g/mol. The van der Waals surface area contributed by atoms with Gasteiger partial charge in [0.1, 0.15) is 0 Å². The van der Waals surface area contributed by atoms with Gasteiger partial charge in [-0.25, -0.2) is 0 Å². The van der Waals surface area contributed by atoms with Gasteiger partial charge in [0.25, 0.3) is 0 Å². The lowest BCUT2D eigenvalue weighted by Crippen LogP contribution is -2.48. The first kappa shape index (κ1) is 19.0. The number of ether oxygens (including phenoxy) is 1. The number of likely N-dealkylation sites (tertiary alicyclic amines) is 2. The third kappa shape index (κ3) is 4.46. The molecule has 0 amide bonds. The summed E-state index contributed by atoms with van der Waals surface area (Å²) in [6.45, 7) is 9.50. The first-order valence-electron chi connectivity index (χ1n) is 11.7. The number of nitrogens with zero attached hydrogens (tertiary/aromatic N) is 2. The summed E-state index contributed by atoms with van der Waals surface area (Å²) in [6.07, 6.45) is 6.75. The smallest absolute Gasteiger partial charge is 0.0507 e. The van der Waals surface area contributed by atoms with E-state index >= 15 is 0 Å². The molecule has 3 aliphatic heterocycles. The van der Waals surface area contributed by atoms with Crippen LogP contribution in [0.1, 0.15) is 37.7 Å². The third-order valence-corrected chi connectivity index (χ3v) is 7.76. The predicted molar refractivity (Wildman–Crippen MR) is 113 cm³/mol. The lowest BCUT2D eigenvalue weighted by molar-refractivity contribution is 0.142. The quantitative estimate of drug-likeness (QED) is 0.817. The molecule has 4 fully saturated rings. The molecule has 28 heavy (non-hydrogen) atoms. The van der Waals surface area contributed by atoms with E-state index in [1.165, 1.54) is 70.4 Å². The molecule has 1 N–H and O–H groups in total. The number of benzene rings is 1. The molecule has 1 aliphatic carbocycles. The summed E-state index contributed by atoms with van der Waals surface area (Å²) in [5.74, 6) is 2.58. The van der Waals surface area contributed by atoms with Gasteiger partial charge in [0.05, 0.1) is 6.61 Å². The van der Waals surface area contributed by atoms with Crippen molar-refractivity contribution < 1.29 is 4.74 Å². The van der Waals surface area contributed by atoms with Crippen LogP contribution in [-0.4, -0.2) is 67.8 Å². The summed E-state index contributed by atoms with van der Waals surface area (Å²) in [4.78, 5) is 5.39. The van der Waals surface area contributed by atoms with Crippen LogP contribution in [0, 0.1) is 17.8 Å². The van der Waals surface area contributed by atoms with Crippen LogP contribution < -0.4 is 5.32 Å². The van der Waals surface area contributed by atoms with Gasteiger partial charge < -0.3 is 15.0 Å². The van der Waals surface area contributed by atoms with Crippen molar-refractivity contribution in [3.05, 3.63) is 35.9 Å². The Hall–Kier alpha value is -0.940. The SMILES string of the molecule is c1ccc(CN2C[C@@H]3CC[C@H](NC4CCN(C[C@H]5CCOC5)CC4)[C@H]3C2)cc1. The molecule has 1 aromatic carbocycles. The van der Waals surface area contributed by atoms with E-state index in [9.17, 15) is 0 Å². The Bertz CT molecular complexity index is 610. The van der Waals surface area contributed by atoms with Crippen LogP contribution >= 0.6 is 0 Å². The van der Waals surface area contributed by atoms with E-state index in [0.29, 0.717) is 0 Å². The molecule has 4 heteroatoms. The second-order valence-corrected chi connectivity index (χ2v) is 9.76. The van der Waals surface area contributed by atoms with Gasteiger partial charge in [0.15, 0.2) is 0 Å². The molecular weight excluding hydrogens is 346 g/mol. The minimum absolute atomic E-state index is 0.739. The second-order valence-electron chi connectivity index (χ2n) is 9.76. The Labute approximate surface area is 170 Å². The van der Waals surface area contributed by atoms with E-state index in [-0.39, 0.29) is 0 Å². The van der Waals surface area contributed by atoms with Crippen molar-refractivity contribution in [1.82, 2.24) is 15.1 Å². The maximum atomic E-state index is 5.55. The van der Waals surface area contributed by atoms with Crippen LogP contribution in [0.5, 0.6) is 0 Å². The van der Waals surface area contributed by atoms with Crippen LogP contribution in [0.2, 0.25) is 0 Å². The Morgan fingerprint density at radius 1 is 0.929 bits per heavy atom. The van der Waals surface area contributed by atoms with Gasteiger partial charge in [-0.15, -0.1) is 0 Å². The maximum Gasteiger partial charge on any atom is 0.0507 e. The van der Waals surface area contributed by atoms with E-state index < -0.39 is 0 Å². The van der Waals surface area contributed by atoms with Crippen LogP contribution in [0.3, 0.4) is 0 Å². The van der Waals surface area contributed by atoms with E-state index in [4.69, 9.17) is 4.74 Å². The molecule has 0 bridgehead atoms. The molecule has 4 atom stereocenters. The van der Waals surface area contributed by atoms with Gasteiger partial charge in [-0.3, -0.25) is 4.90 Å². The molecule has 4 nitrogen and oxygen atoms in total. The molecule has 154 valence electrons. The lowest BCUT2D eigenvalue weighted by Gasteiger charge is -2.36. The highest BCUT2D eigenvalue weighted by atomic mass is 16.5. The van der Waals surface area contributed by atoms with Crippen molar-refractivity contribution in [3.8, 4) is 0 Å². The number of rotatable bonds is 6. The van der Waals surface area contributed by atoms with Gasteiger partial charge in [-0.2, -0.15) is 0 Å². The summed E-state index contributed by atoms with van der Waals surface area (Å²) in [6, 6.07) is 12.5. The number of hydrogen-bond acceptors (Lipinski definition) is 4. The van der Waals surface area contributed by atoms with E-state index in [1.807, 2.05) is 0 Å². The molecule has 1 saturated carbocycles. The molecule has 0 unspecified atom stereocenters. The molecule has 0 aromatic heterocycles. The molecule has 5 rings (SSSR count). The highest BCUT2D eigenvalue weighted by Crippen LogP contribution is 2.39. The third-order valence-electron chi connectivity index (χ3n) is 7.76. The average Bonchev–Trinajstić information content (AvgIpc) is 3.44. The topological polar surface area (TPSA) is 27.7 Å². The lowest BCUT2D eigenvalue weighted by atomic mass is 9.95. The molecule has 1 aromatic rings. The number of fused-ring (bicyclic) bond motifs is 1. The first-order valence-corrected chi connectivity index (χ1v) is 11.7. The molecule has 0 spiro atoms. The second kappa shape index (κ2) is 8.83. The first-order chi connectivity index (χ1) is 13.8. The Balaban J connectivity index is 1.07. The highest BCUT2D eigenvalue weighted by Gasteiger charge is 2.43. The van der Waals surface area contributed by atoms with E-state index in [1.54, 1.807) is 0 Å². The normalized spacial score (nSPS) is 34.9. The minimum atomic E-state index is 0.739. The number of hydrogen-bond donors (Lipinski definition) is 1. The highest BCUT2D eigenvalue weighted by molar-refractivity contribution is 5.15. The van der Waals surface area contributed by atoms with Gasteiger partial charge >= 0.3 is 0 Å². The Kier molecular flexibility index (Phi) is 6.00. The maximum absolute atomic E-state index is 5.55. The monoisotopic (exact) mass is 383 g/mol. The summed E-state index contributed by atoms with van der Waals surface area (Å²) < 4.78 is 5.55. The molecule has 4 aliphatic rings. The van der Waals surface area contributed by atoms with E-state index in [0.717, 1.165) is 49.6 Å².